The number of amides is 1. The Bertz CT molecular complexity index is 1290. The van der Waals surface area contributed by atoms with Gasteiger partial charge in [-0.05, 0) is 43.2 Å². The predicted molar refractivity (Wildman–Crippen MR) is 124 cm³/mol. The number of para-hydroxylation sites is 1. The summed E-state index contributed by atoms with van der Waals surface area (Å²) in [5, 5.41) is 4.77. The molecule has 3 aromatic heterocycles. The first-order chi connectivity index (χ1) is 16.2. The van der Waals surface area contributed by atoms with Crippen LogP contribution in [0.15, 0.2) is 61.1 Å². The van der Waals surface area contributed by atoms with Gasteiger partial charge in [0.15, 0.2) is 23.0 Å². The minimum Gasteiger partial charge on any atom is -0.493 e. The Morgan fingerprint density at radius 1 is 1.06 bits per heavy atom. The largest absolute Gasteiger partial charge is 0.493 e. The molecule has 4 heterocycles. The van der Waals surface area contributed by atoms with E-state index < -0.39 is 0 Å². The Kier molecular flexibility index (Phi) is 5.64. The monoisotopic (exact) mass is 443 g/mol. The first kappa shape index (κ1) is 20.9. The van der Waals surface area contributed by atoms with Crippen LogP contribution in [0.4, 0.5) is 0 Å². The summed E-state index contributed by atoms with van der Waals surface area (Å²) in [7, 11) is 3.26. The van der Waals surface area contributed by atoms with Crippen molar-refractivity contribution in [3.05, 3.63) is 72.4 Å². The van der Waals surface area contributed by atoms with Gasteiger partial charge < -0.3 is 14.4 Å². The van der Waals surface area contributed by atoms with Gasteiger partial charge in [-0.2, -0.15) is 5.10 Å². The average molecular weight is 444 g/mol. The first-order valence-corrected chi connectivity index (χ1v) is 10.9. The molecule has 0 N–H and O–H groups in total. The number of piperidine rings is 1. The summed E-state index contributed by atoms with van der Waals surface area (Å²) in [5.74, 6) is 2.24. The Morgan fingerprint density at radius 3 is 2.70 bits per heavy atom. The third kappa shape index (κ3) is 4.00. The Labute approximate surface area is 191 Å². The average Bonchev–Trinajstić information content (AvgIpc) is 3.32. The van der Waals surface area contributed by atoms with Gasteiger partial charge in [0.2, 0.25) is 0 Å². The van der Waals surface area contributed by atoms with Crippen molar-refractivity contribution in [2.45, 2.75) is 18.8 Å². The van der Waals surface area contributed by atoms with Gasteiger partial charge in [0, 0.05) is 54.3 Å². The Balaban J connectivity index is 1.42. The molecule has 0 saturated carbocycles. The molecule has 5 rings (SSSR count). The molecule has 8 heteroatoms. The maximum Gasteiger partial charge on any atom is 0.253 e. The van der Waals surface area contributed by atoms with Crippen molar-refractivity contribution in [2.24, 2.45) is 0 Å². The van der Waals surface area contributed by atoms with Gasteiger partial charge in [0.25, 0.3) is 5.91 Å². The number of aromatic nitrogens is 4. The van der Waals surface area contributed by atoms with Crippen LogP contribution in [-0.2, 0) is 0 Å². The molecule has 8 nitrogen and oxygen atoms in total. The fourth-order valence-corrected chi connectivity index (χ4v) is 4.40. The fourth-order valence-electron chi connectivity index (χ4n) is 4.40. The lowest BCUT2D eigenvalue weighted by atomic mass is 9.97. The highest BCUT2D eigenvalue weighted by Gasteiger charge is 2.28. The van der Waals surface area contributed by atoms with E-state index in [4.69, 9.17) is 19.6 Å². The van der Waals surface area contributed by atoms with Crippen molar-refractivity contribution < 1.29 is 14.3 Å². The minimum absolute atomic E-state index is 0.0262. The number of carbonyl (C=O) groups excluding carboxylic acids is 1. The number of methoxy groups -OCH3 is 2. The summed E-state index contributed by atoms with van der Waals surface area (Å²) >= 11 is 0. The van der Waals surface area contributed by atoms with Gasteiger partial charge in [-0.1, -0.05) is 12.1 Å². The number of fused-ring (bicyclic) bond motifs is 1. The second-order valence-corrected chi connectivity index (χ2v) is 8.06. The zero-order valence-electron chi connectivity index (χ0n) is 18.6. The van der Waals surface area contributed by atoms with E-state index in [1.54, 1.807) is 43.3 Å². The molecule has 4 aromatic rings. The molecule has 168 valence electrons. The molecule has 0 bridgehead atoms. The van der Waals surface area contributed by atoms with Gasteiger partial charge >= 0.3 is 0 Å². The highest BCUT2D eigenvalue weighted by atomic mass is 16.5. The number of carbonyl (C=O) groups is 1. The van der Waals surface area contributed by atoms with Crippen molar-refractivity contribution in [3.8, 4) is 22.6 Å². The van der Waals surface area contributed by atoms with Gasteiger partial charge in [-0.15, -0.1) is 0 Å². The lowest BCUT2D eigenvalue weighted by Gasteiger charge is -2.31. The van der Waals surface area contributed by atoms with Crippen LogP contribution in [0.3, 0.4) is 0 Å². The topological polar surface area (TPSA) is 81.9 Å². The van der Waals surface area contributed by atoms with E-state index in [1.807, 2.05) is 41.4 Å². The van der Waals surface area contributed by atoms with E-state index in [-0.39, 0.29) is 11.8 Å². The van der Waals surface area contributed by atoms with Crippen LogP contribution in [0, 0.1) is 0 Å². The molecule has 1 atom stereocenters. The minimum atomic E-state index is 0.0262. The number of likely N-dealkylation sites (tertiary alicyclic amines) is 1. The lowest BCUT2D eigenvalue weighted by molar-refractivity contribution is 0.0704. The molecule has 1 fully saturated rings. The highest BCUT2D eigenvalue weighted by Crippen LogP contribution is 2.37. The molecule has 0 aliphatic carbocycles. The number of hydrogen-bond donors (Lipinski definition) is 0. The second kappa shape index (κ2) is 8.90. The fraction of sp³-hybridized carbons (Fsp3) is 0.280. The maximum absolute atomic E-state index is 12.9. The quantitative estimate of drug-likeness (QED) is 0.466. The summed E-state index contributed by atoms with van der Waals surface area (Å²) in [5.41, 5.74) is 3.30. The molecule has 0 spiro atoms. The van der Waals surface area contributed by atoms with E-state index >= 15 is 0 Å². The summed E-state index contributed by atoms with van der Waals surface area (Å²) < 4.78 is 12.8. The second-order valence-electron chi connectivity index (χ2n) is 8.06. The summed E-state index contributed by atoms with van der Waals surface area (Å²) in [6.45, 7) is 1.35. The molecule has 1 amide bonds. The van der Waals surface area contributed by atoms with Gasteiger partial charge in [-0.25, -0.2) is 9.50 Å². The van der Waals surface area contributed by atoms with E-state index in [0.717, 1.165) is 42.0 Å². The highest BCUT2D eigenvalue weighted by molar-refractivity contribution is 5.94. The molecule has 1 aliphatic heterocycles. The van der Waals surface area contributed by atoms with Gasteiger partial charge in [0.1, 0.15) is 0 Å². The third-order valence-corrected chi connectivity index (χ3v) is 6.06. The Morgan fingerprint density at radius 2 is 1.91 bits per heavy atom. The van der Waals surface area contributed by atoms with Crippen LogP contribution in [0.5, 0.6) is 11.5 Å². The van der Waals surface area contributed by atoms with Crippen molar-refractivity contribution in [3.63, 3.8) is 0 Å². The molecule has 1 aromatic carbocycles. The van der Waals surface area contributed by atoms with Crippen LogP contribution in [0.1, 0.15) is 34.9 Å². The van der Waals surface area contributed by atoms with Crippen molar-refractivity contribution in [2.75, 3.05) is 27.3 Å². The number of pyridine rings is 2. The molecule has 1 saturated heterocycles. The van der Waals surface area contributed by atoms with Crippen LogP contribution in [-0.4, -0.2) is 57.7 Å². The lowest BCUT2D eigenvalue weighted by Crippen LogP contribution is -2.39. The zero-order chi connectivity index (χ0) is 22.8. The molecule has 1 unspecified atom stereocenters. The van der Waals surface area contributed by atoms with Crippen molar-refractivity contribution in [1.29, 1.82) is 0 Å². The smallest absolute Gasteiger partial charge is 0.253 e. The van der Waals surface area contributed by atoms with Crippen LogP contribution >= 0.6 is 0 Å². The van der Waals surface area contributed by atoms with Gasteiger partial charge in [-0.3, -0.25) is 9.78 Å². The molecular weight excluding hydrogens is 418 g/mol. The summed E-state index contributed by atoms with van der Waals surface area (Å²) in [4.78, 5) is 23.5. The number of hydrogen-bond acceptors (Lipinski definition) is 6. The van der Waals surface area contributed by atoms with Crippen LogP contribution in [0.25, 0.3) is 16.8 Å². The number of ether oxygens (including phenoxy) is 2. The maximum atomic E-state index is 12.9. The number of benzene rings is 1. The number of nitrogens with zero attached hydrogens (tertiary/aromatic N) is 5. The van der Waals surface area contributed by atoms with Crippen molar-refractivity contribution >= 4 is 11.6 Å². The SMILES string of the molecule is COc1cccc(-c2ccc3nc(C4CCCN(C(=O)c5ccncc5)C4)nn3c2)c1OC. The summed E-state index contributed by atoms with van der Waals surface area (Å²) in [6.07, 6.45) is 7.11. The van der Waals surface area contributed by atoms with Crippen LogP contribution < -0.4 is 9.47 Å². The van der Waals surface area contributed by atoms with Crippen molar-refractivity contribution in [1.82, 2.24) is 24.5 Å². The number of rotatable bonds is 5. The van der Waals surface area contributed by atoms with Gasteiger partial charge in [0.05, 0.1) is 14.2 Å². The first-order valence-electron chi connectivity index (χ1n) is 10.9. The normalized spacial score (nSPS) is 16.1. The van der Waals surface area contributed by atoms with Crippen LogP contribution in [0.2, 0.25) is 0 Å². The Hall–Kier alpha value is -3.94. The predicted octanol–water partition coefficient (Wildman–Crippen LogP) is 3.83. The third-order valence-electron chi connectivity index (χ3n) is 6.06. The summed E-state index contributed by atoms with van der Waals surface area (Å²) in [6, 6.07) is 13.3. The van der Waals surface area contributed by atoms with E-state index in [1.165, 1.54) is 0 Å². The molecule has 1 aliphatic rings. The molecular formula is C25H25N5O3. The van der Waals surface area contributed by atoms with E-state index in [2.05, 4.69) is 4.98 Å². The molecule has 0 radical (unpaired) electrons. The zero-order valence-corrected chi connectivity index (χ0v) is 18.6. The van der Waals surface area contributed by atoms with E-state index in [0.29, 0.717) is 23.6 Å². The van der Waals surface area contributed by atoms with E-state index in [9.17, 15) is 4.79 Å². The standard InChI is InChI=1S/C25H25N5O3/c1-32-21-7-3-6-20(23(21)33-2)18-8-9-22-27-24(28-30(22)16-18)19-5-4-14-29(15-19)25(31)17-10-12-26-13-11-17/h3,6-13,16,19H,4-5,14-15H2,1-2H3. The molecule has 33 heavy (non-hydrogen) atoms.